The first kappa shape index (κ1) is 15.5. The number of ketones is 1. The fraction of sp³-hybridized carbons (Fsp3) is 0.316. The number of aliphatic hydroxyl groups is 1. The highest BCUT2D eigenvalue weighted by Gasteiger charge is 2.11. The van der Waals surface area contributed by atoms with Crippen molar-refractivity contribution >= 4 is 5.78 Å². The van der Waals surface area contributed by atoms with Crippen molar-refractivity contribution in [1.29, 1.82) is 0 Å². The Morgan fingerprint density at radius 2 is 1.57 bits per heavy atom. The van der Waals surface area contributed by atoms with E-state index in [1.54, 1.807) is 12.1 Å². The van der Waals surface area contributed by atoms with E-state index in [2.05, 4.69) is 6.92 Å². The first-order valence-corrected chi connectivity index (χ1v) is 7.60. The molecule has 2 aromatic rings. The van der Waals surface area contributed by atoms with Crippen LogP contribution in [0.2, 0.25) is 0 Å². The van der Waals surface area contributed by atoms with Crippen molar-refractivity contribution < 1.29 is 9.90 Å². The van der Waals surface area contributed by atoms with Gasteiger partial charge in [-0.05, 0) is 12.0 Å². The van der Waals surface area contributed by atoms with Gasteiger partial charge in [0.25, 0.3) is 0 Å². The molecule has 0 aliphatic carbocycles. The minimum absolute atomic E-state index is 0.0163. The molecule has 0 amide bonds. The van der Waals surface area contributed by atoms with Gasteiger partial charge in [0.2, 0.25) is 0 Å². The minimum Gasteiger partial charge on any atom is -0.388 e. The van der Waals surface area contributed by atoms with Crippen LogP contribution in [0.25, 0.3) is 0 Å². The predicted octanol–water partition coefficient (Wildman–Crippen LogP) is 4.53. The van der Waals surface area contributed by atoms with Gasteiger partial charge in [-0.1, -0.05) is 80.8 Å². The molecule has 2 heteroatoms. The van der Waals surface area contributed by atoms with E-state index in [9.17, 15) is 9.90 Å². The summed E-state index contributed by atoms with van der Waals surface area (Å²) in [6.07, 6.45) is 3.67. The van der Waals surface area contributed by atoms with E-state index in [1.165, 1.54) is 0 Å². The van der Waals surface area contributed by atoms with Crippen LogP contribution >= 0.6 is 0 Å². The standard InChI is InChI=1S/C19H22O2/c1-2-3-5-10-18(20)15-11-13-17(14-12-15)19(21)16-8-6-4-7-9-16/h4,6-9,11-14,18,20H,2-3,5,10H2,1H3. The Hall–Kier alpha value is -1.93. The van der Waals surface area contributed by atoms with Gasteiger partial charge in [0, 0.05) is 11.1 Å². The van der Waals surface area contributed by atoms with Gasteiger partial charge >= 0.3 is 0 Å². The van der Waals surface area contributed by atoms with Crippen LogP contribution in [0, 0.1) is 0 Å². The topological polar surface area (TPSA) is 37.3 Å². The molecule has 0 spiro atoms. The quantitative estimate of drug-likeness (QED) is 0.598. The Morgan fingerprint density at radius 1 is 0.952 bits per heavy atom. The minimum atomic E-state index is -0.433. The summed E-state index contributed by atoms with van der Waals surface area (Å²) < 4.78 is 0. The summed E-state index contributed by atoms with van der Waals surface area (Å²) >= 11 is 0. The third-order valence-corrected chi connectivity index (χ3v) is 3.67. The fourth-order valence-electron chi connectivity index (χ4n) is 2.37. The maximum absolute atomic E-state index is 12.3. The largest absolute Gasteiger partial charge is 0.388 e. The molecule has 0 heterocycles. The summed E-state index contributed by atoms with van der Waals surface area (Å²) in [5, 5.41) is 10.1. The van der Waals surface area contributed by atoms with Crippen LogP contribution in [-0.4, -0.2) is 10.9 Å². The monoisotopic (exact) mass is 282 g/mol. The van der Waals surface area contributed by atoms with Crippen LogP contribution in [-0.2, 0) is 0 Å². The second-order valence-electron chi connectivity index (χ2n) is 5.33. The molecule has 21 heavy (non-hydrogen) atoms. The Bertz CT molecular complexity index is 558. The molecule has 2 aromatic carbocycles. The molecule has 1 unspecified atom stereocenters. The maximum Gasteiger partial charge on any atom is 0.193 e. The molecule has 1 N–H and O–H groups in total. The number of aliphatic hydroxyl groups excluding tert-OH is 1. The maximum atomic E-state index is 12.3. The van der Waals surface area contributed by atoms with Crippen molar-refractivity contribution in [3.63, 3.8) is 0 Å². The number of carbonyl (C=O) groups excluding carboxylic acids is 1. The number of hydrogen-bond donors (Lipinski definition) is 1. The number of unbranched alkanes of at least 4 members (excludes halogenated alkanes) is 2. The van der Waals surface area contributed by atoms with Gasteiger partial charge in [-0.2, -0.15) is 0 Å². The second-order valence-corrected chi connectivity index (χ2v) is 5.33. The second kappa shape index (κ2) is 7.75. The van der Waals surface area contributed by atoms with Crippen LogP contribution in [0.1, 0.15) is 60.2 Å². The average Bonchev–Trinajstić information content (AvgIpc) is 2.55. The van der Waals surface area contributed by atoms with Crippen LogP contribution < -0.4 is 0 Å². The Morgan fingerprint density at radius 3 is 2.19 bits per heavy atom. The number of carbonyl (C=O) groups is 1. The van der Waals surface area contributed by atoms with Gasteiger partial charge < -0.3 is 5.11 Å². The average molecular weight is 282 g/mol. The Kier molecular flexibility index (Phi) is 5.70. The highest BCUT2D eigenvalue weighted by atomic mass is 16.3. The highest BCUT2D eigenvalue weighted by Crippen LogP contribution is 2.21. The lowest BCUT2D eigenvalue weighted by molar-refractivity contribution is 0.103. The zero-order valence-corrected chi connectivity index (χ0v) is 12.5. The third kappa shape index (κ3) is 4.27. The number of rotatable bonds is 7. The fourth-order valence-corrected chi connectivity index (χ4v) is 2.37. The van der Waals surface area contributed by atoms with Gasteiger partial charge in [0.05, 0.1) is 6.10 Å². The number of benzene rings is 2. The first-order chi connectivity index (χ1) is 10.2. The summed E-state index contributed by atoms with van der Waals surface area (Å²) in [5.41, 5.74) is 2.23. The lowest BCUT2D eigenvalue weighted by atomic mass is 9.98. The normalized spacial score (nSPS) is 12.1. The van der Waals surface area contributed by atoms with Crippen LogP contribution in [0.3, 0.4) is 0 Å². The Balaban J connectivity index is 2.03. The number of hydrogen-bond acceptors (Lipinski definition) is 2. The molecule has 0 aliphatic rings. The molecule has 0 bridgehead atoms. The molecule has 0 aliphatic heterocycles. The molecule has 0 saturated carbocycles. The predicted molar refractivity (Wildman–Crippen MR) is 85.4 cm³/mol. The molecular formula is C19H22O2. The smallest absolute Gasteiger partial charge is 0.193 e. The van der Waals surface area contributed by atoms with Gasteiger partial charge in [0.1, 0.15) is 0 Å². The van der Waals surface area contributed by atoms with Crippen molar-refractivity contribution in [3.05, 3.63) is 71.3 Å². The summed E-state index contributed by atoms with van der Waals surface area (Å²) in [6.45, 7) is 2.15. The highest BCUT2D eigenvalue weighted by molar-refractivity contribution is 6.08. The molecule has 2 rings (SSSR count). The van der Waals surface area contributed by atoms with E-state index in [-0.39, 0.29) is 5.78 Å². The summed E-state index contributed by atoms with van der Waals surface area (Å²) in [7, 11) is 0. The first-order valence-electron chi connectivity index (χ1n) is 7.60. The van der Waals surface area contributed by atoms with E-state index in [4.69, 9.17) is 0 Å². The van der Waals surface area contributed by atoms with Crippen molar-refractivity contribution in [2.24, 2.45) is 0 Å². The van der Waals surface area contributed by atoms with Crippen LogP contribution in [0.5, 0.6) is 0 Å². The van der Waals surface area contributed by atoms with Gasteiger partial charge in [-0.25, -0.2) is 0 Å². The van der Waals surface area contributed by atoms with Gasteiger partial charge in [-0.3, -0.25) is 4.79 Å². The molecule has 0 aromatic heterocycles. The molecule has 1 atom stereocenters. The summed E-state index contributed by atoms with van der Waals surface area (Å²) in [4.78, 5) is 12.3. The van der Waals surface area contributed by atoms with E-state index < -0.39 is 6.10 Å². The lowest BCUT2D eigenvalue weighted by Gasteiger charge is -2.11. The van der Waals surface area contributed by atoms with Crippen molar-refractivity contribution in [2.45, 2.75) is 38.7 Å². The van der Waals surface area contributed by atoms with E-state index in [1.807, 2.05) is 42.5 Å². The molecule has 110 valence electrons. The lowest BCUT2D eigenvalue weighted by Crippen LogP contribution is -2.02. The molecule has 0 saturated heterocycles. The Labute approximate surface area is 126 Å². The summed E-state index contributed by atoms with van der Waals surface area (Å²) in [6, 6.07) is 16.6. The zero-order chi connectivity index (χ0) is 15.1. The van der Waals surface area contributed by atoms with Gasteiger partial charge in [-0.15, -0.1) is 0 Å². The summed E-state index contributed by atoms with van der Waals surface area (Å²) in [5.74, 6) is 0.0163. The molecular weight excluding hydrogens is 260 g/mol. The van der Waals surface area contributed by atoms with E-state index >= 15 is 0 Å². The van der Waals surface area contributed by atoms with Crippen molar-refractivity contribution in [3.8, 4) is 0 Å². The van der Waals surface area contributed by atoms with Gasteiger partial charge in [0.15, 0.2) is 5.78 Å². The molecule has 0 fully saturated rings. The third-order valence-electron chi connectivity index (χ3n) is 3.67. The molecule has 0 radical (unpaired) electrons. The van der Waals surface area contributed by atoms with Crippen LogP contribution in [0.4, 0.5) is 0 Å². The zero-order valence-electron chi connectivity index (χ0n) is 12.5. The SMILES string of the molecule is CCCCCC(O)c1ccc(C(=O)c2ccccc2)cc1. The van der Waals surface area contributed by atoms with Crippen molar-refractivity contribution in [1.82, 2.24) is 0 Å². The molecule has 2 nitrogen and oxygen atoms in total. The van der Waals surface area contributed by atoms with Crippen molar-refractivity contribution in [2.75, 3.05) is 0 Å². The van der Waals surface area contributed by atoms with E-state index in [0.717, 1.165) is 31.2 Å². The van der Waals surface area contributed by atoms with Crippen LogP contribution in [0.15, 0.2) is 54.6 Å². The van der Waals surface area contributed by atoms with E-state index in [0.29, 0.717) is 11.1 Å².